The highest BCUT2D eigenvalue weighted by Crippen LogP contribution is 2.66. The van der Waals surface area contributed by atoms with Crippen molar-refractivity contribution < 1.29 is 19.5 Å². The van der Waals surface area contributed by atoms with E-state index in [1.165, 1.54) is 0 Å². The number of aliphatic hydroxyl groups excluding tert-OH is 1. The lowest BCUT2D eigenvalue weighted by Gasteiger charge is -2.38. The van der Waals surface area contributed by atoms with E-state index in [0.29, 0.717) is 13.0 Å². The smallest absolute Gasteiger partial charge is 0.244 e. The Labute approximate surface area is 184 Å². The first kappa shape index (κ1) is 23.4. The zero-order valence-electron chi connectivity index (χ0n) is 18.8. The van der Waals surface area contributed by atoms with E-state index in [9.17, 15) is 19.5 Å². The molecule has 3 N–H and O–H groups in total. The van der Waals surface area contributed by atoms with Gasteiger partial charge >= 0.3 is 0 Å². The maximum atomic E-state index is 13.8. The molecule has 2 bridgehead atoms. The van der Waals surface area contributed by atoms with Crippen LogP contribution in [0.5, 0.6) is 0 Å². The van der Waals surface area contributed by atoms with Gasteiger partial charge in [-0.15, -0.1) is 11.8 Å². The molecule has 0 saturated carbocycles. The maximum Gasteiger partial charge on any atom is 0.244 e. The zero-order chi connectivity index (χ0) is 22.2. The van der Waals surface area contributed by atoms with Crippen molar-refractivity contribution in [3.63, 3.8) is 0 Å². The number of hydrogen-bond acceptors (Lipinski definition) is 5. The lowest BCUT2D eigenvalue weighted by molar-refractivity contribution is -0.143. The number of carbonyl (C=O) groups excluding carboxylic acids is 3. The molecule has 7 nitrogen and oxygen atoms in total. The van der Waals surface area contributed by atoms with Crippen LogP contribution < -0.4 is 10.6 Å². The summed E-state index contributed by atoms with van der Waals surface area (Å²) in [7, 11) is 0. The van der Waals surface area contributed by atoms with Gasteiger partial charge in [0.1, 0.15) is 6.04 Å². The number of fused-ring (bicyclic) bond motifs is 1. The lowest BCUT2D eigenvalue weighted by atomic mass is 9.70. The molecule has 0 aromatic heterocycles. The average Bonchev–Trinajstić information content (AvgIpc) is 3.30. The Bertz CT molecular complexity index is 685. The number of likely N-dealkylation sites (tertiary alicyclic amines) is 1. The molecule has 3 aliphatic rings. The average molecular weight is 440 g/mol. The quantitative estimate of drug-likeness (QED) is 0.506. The Morgan fingerprint density at radius 1 is 1.27 bits per heavy atom. The minimum Gasteiger partial charge on any atom is -0.394 e. The van der Waals surface area contributed by atoms with Gasteiger partial charge in [-0.3, -0.25) is 14.4 Å². The van der Waals surface area contributed by atoms with Gasteiger partial charge in [0.15, 0.2) is 0 Å². The molecule has 170 valence electrons. The van der Waals surface area contributed by atoms with Crippen molar-refractivity contribution in [2.75, 3.05) is 13.2 Å². The number of hydrogen-bond donors (Lipinski definition) is 3. The predicted octanol–water partition coefficient (Wildman–Crippen LogP) is 1.54. The summed E-state index contributed by atoms with van der Waals surface area (Å²) in [6.07, 6.45) is 3.05. The molecule has 8 heteroatoms. The standard InChI is InChI=1S/C22H37N3O4S/c1-6-9-23-19(27)16-15-7-8-22(30-15)17(16)21(29)25(14(11-26)10-12(2)3)18(22)20(28)24-13(4)5/h12-18,26H,6-11H2,1-5H3,(H,23,27)(H,24,28)/t14-,15+,16-,17+,18?,22?/m1/s1. The fraction of sp³-hybridized carbons (Fsp3) is 0.864. The van der Waals surface area contributed by atoms with Crippen LogP contribution in [0, 0.1) is 17.8 Å². The fourth-order valence-corrected chi connectivity index (χ4v) is 7.84. The lowest BCUT2D eigenvalue weighted by Crippen LogP contribution is -2.57. The molecular formula is C22H37N3O4S. The monoisotopic (exact) mass is 439 g/mol. The molecule has 0 aliphatic carbocycles. The van der Waals surface area contributed by atoms with E-state index in [-0.39, 0.29) is 41.5 Å². The normalized spacial score (nSPS) is 33.3. The summed E-state index contributed by atoms with van der Waals surface area (Å²) in [5, 5.41) is 16.2. The van der Waals surface area contributed by atoms with Gasteiger partial charge in [0.05, 0.1) is 29.2 Å². The third-order valence-electron chi connectivity index (χ3n) is 6.62. The molecule has 3 aliphatic heterocycles. The highest BCUT2D eigenvalue weighted by Gasteiger charge is 2.74. The summed E-state index contributed by atoms with van der Waals surface area (Å²) < 4.78 is -0.584. The summed E-state index contributed by atoms with van der Waals surface area (Å²) >= 11 is 1.67. The van der Waals surface area contributed by atoms with Crippen molar-refractivity contribution in [2.45, 2.75) is 88.4 Å². The van der Waals surface area contributed by atoms with E-state index in [0.717, 1.165) is 19.3 Å². The number of carbonyl (C=O) groups is 3. The van der Waals surface area contributed by atoms with E-state index in [2.05, 4.69) is 10.6 Å². The van der Waals surface area contributed by atoms with Gasteiger partial charge < -0.3 is 20.6 Å². The highest BCUT2D eigenvalue weighted by molar-refractivity contribution is 8.02. The van der Waals surface area contributed by atoms with Crippen molar-refractivity contribution >= 4 is 29.5 Å². The van der Waals surface area contributed by atoms with Gasteiger partial charge in [-0.2, -0.15) is 0 Å². The van der Waals surface area contributed by atoms with Crippen LogP contribution in [0.1, 0.15) is 60.3 Å². The minimum absolute atomic E-state index is 0.0465. The molecule has 3 rings (SSSR count). The summed E-state index contributed by atoms with van der Waals surface area (Å²) in [4.78, 5) is 41.8. The Kier molecular flexibility index (Phi) is 7.07. The molecule has 2 unspecified atom stereocenters. The van der Waals surface area contributed by atoms with Crippen LogP contribution in [0.15, 0.2) is 0 Å². The molecular weight excluding hydrogens is 402 g/mol. The molecule has 6 atom stereocenters. The van der Waals surface area contributed by atoms with Crippen LogP contribution in [0.2, 0.25) is 0 Å². The topological polar surface area (TPSA) is 98.7 Å². The van der Waals surface area contributed by atoms with E-state index in [4.69, 9.17) is 0 Å². The van der Waals surface area contributed by atoms with Crippen LogP contribution in [0.4, 0.5) is 0 Å². The Hall–Kier alpha value is -1.28. The number of thioether (sulfide) groups is 1. The van der Waals surface area contributed by atoms with Gasteiger partial charge in [0.2, 0.25) is 17.7 Å². The number of nitrogens with one attached hydrogen (secondary N) is 2. The zero-order valence-corrected chi connectivity index (χ0v) is 19.6. The van der Waals surface area contributed by atoms with Crippen LogP contribution in [-0.4, -0.2) is 69.0 Å². The van der Waals surface area contributed by atoms with Gasteiger partial charge in [-0.25, -0.2) is 0 Å². The van der Waals surface area contributed by atoms with Crippen molar-refractivity contribution in [3.8, 4) is 0 Å². The van der Waals surface area contributed by atoms with E-state index in [1.807, 2.05) is 34.6 Å². The van der Waals surface area contributed by atoms with E-state index < -0.39 is 28.7 Å². The minimum atomic E-state index is -0.646. The maximum absolute atomic E-state index is 13.8. The van der Waals surface area contributed by atoms with Crippen LogP contribution in [0.25, 0.3) is 0 Å². The van der Waals surface area contributed by atoms with Crippen LogP contribution in [-0.2, 0) is 14.4 Å². The van der Waals surface area contributed by atoms with E-state index in [1.54, 1.807) is 16.7 Å². The first-order chi connectivity index (χ1) is 14.2. The predicted molar refractivity (Wildman–Crippen MR) is 118 cm³/mol. The first-order valence-corrected chi connectivity index (χ1v) is 12.2. The van der Waals surface area contributed by atoms with E-state index >= 15 is 0 Å². The van der Waals surface area contributed by atoms with Crippen molar-refractivity contribution in [1.29, 1.82) is 0 Å². The number of amides is 3. The van der Waals surface area contributed by atoms with Crippen molar-refractivity contribution in [1.82, 2.24) is 15.5 Å². The second-order valence-electron chi connectivity index (χ2n) is 9.72. The second-order valence-corrected chi connectivity index (χ2v) is 11.3. The highest BCUT2D eigenvalue weighted by atomic mass is 32.2. The summed E-state index contributed by atoms with van der Waals surface area (Å²) in [6, 6.07) is -1.11. The first-order valence-electron chi connectivity index (χ1n) is 11.4. The fourth-order valence-electron chi connectivity index (χ4n) is 5.63. The molecule has 30 heavy (non-hydrogen) atoms. The Balaban J connectivity index is 2.01. The Morgan fingerprint density at radius 3 is 2.53 bits per heavy atom. The molecule has 0 aromatic rings. The molecule has 3 fully saturated rings. The molecule has 1 spiro atoms. The summed E-state index contributed by atoms with van der Waals surface area (Å²) in [5.41, 5.74) is 0. The van der Waals surface area contributed by atoms with Gasteiger partial charge in [-0.05, 0) is 45.4 Å². The Morgan fingerprint density at radius 2 is 1.97 bits per heavy atom. The van der Waals surface area contributed by atoms with Crippen LogP contribution >= 0.6 is 11.8 Å². The molecule has 3 saturated heterocycles. The molecule has 3 heterocycles. The number of nitrogens with zero attached hydrogens (tertiary/aromatic N) is 1. The third-order valence-corrected chi connectivity index (χ3v) is 8.57. The van der Waals surface area contributed by atoms with Crippen molar-refractivity contribution in [3.05, 3.63) is 0 Å². The van der Waals surface area contributed by atoms with Crippen molar-refractivity contribution in [2.24, 2.45) is 17.8 Å². The third kappa shape index (κ3) is 3.85. The molecule has 3 amide bonds. The van der Waals surface area contributed by atoms with Gasteiger partial charge in [0, 0.05) is 17.8 Å². The summed E-state index contributed by atoms with van der Waals surface area (Å²) in [6.45, 7) is 10.3. The molecule has 0 aromatic carbocycles. The molecule has 0 radical (unpaired) electrons. The number of aliphatic hydroxyl groups is 1. The van der Waals surface area contributed by atoms with Gasteiger partial charge in [-0.1, -0.05) is 20.8 Å². The largest absolute Gasteiger partial charge is 0.394 e. The second kappa shape index (κ2) is 9.07. The van der Waals surface area contributed by atoms with Gasteiger partial charge in [0.25, 0.3) is 0 Å². The van der Waals surface area contributed by atoms with Crippen LogP contribution in [0.3, 0.4) is 0 Å². The summed E-state index contributed by atoms with van der Waals surface area (Å²) in [5.74, 6) is -0.989. The number of rotatable bonds is 9. The SMILES string of the molecule is CCCNC(=O)[C@@H]1[C@@H]2CCC3(S2)C(C(=O)NC(C)C)N([C@@H](CO)CC(C)C)C(=O)[C@H]13.